The van der Waals surface area contributed by atoms with Gasteiger partial charge in [-0.25, -0.2) is 0 Å². The van der Waals surface area contributed by atoms with E-state index in [-0.39, 0.29) is 0 Å². The van der Waals surface area contributed by atoms with Gasteiger partial charge in [0.05, 0.1) is 6.61 Å². The lowest BCUT2D eigenvalue weighted by Gasteiger charge is -2.11. The van der Waals surface area contributed by atoms with E-state index in [9.17, 15) is 0 Å². The molecule has 0 aromatic heterocycles. The first-order chi connectivity index (χ1) is 9.77. The molecule has 1 nitrogen and oxygen atoms in total. The van der Waals surface area contributed by atoms with E-state index >= 15 is 0 Å². The number of allylic oxidation sites excluding steroid dienone is 3. The van der Waals surface area contributed by atoms with Gasteiger partial charge in [-0.15, -0.1) is 5.73 Å². The highest BCUT2D eigenvalue weighted by atomic mass is 16.5. The number of para-hydroxylation sites is 1. The first kappa shape index (κ1) is 14.7. The number of unbranched alkanes of at least 4 members (excludes halogenated alkanes) is 3. The standard InChI is InChI=1S/C19H24O/c1-16-10-9-11-17(2)19(16)20-15-8-4-3-5-12-18-13-6-7-14-18/h6-7,9-11,13H,3-5,8,12,15H2,1-2H3. The lowest BCUT2D eigenvalue weighted by Crippen LogP contribution is -2.00. The summed E-state index contributed by atoms with van der Waals surface area (Å²) in [4.78, 5) is 0. The first-order valence-corrected chi connectivity index (χ1v) is 7.58. The van der Waals surface area contributed by atoms with Crippen molar-refractivity contribution in [2.45, 2.75) is 46.0 Å². The van der Waals surface area contributed by atoms with Gasteiger partial charge in [0, 0.05) is 0 Å². The van der Waals surface area contributed by atoms with Crippen LogP contribution in [0.5, 0.6) is 5.75 Å². The van der Waals surface area contributed by atoms with E-state index in [1.807, 2.05) is 6.08 Å². The Morgan fingerprint density at radius 1 is 1.00 bits per heavy atom. The van der Waals surface area contributed by atoms with Crippen LogP contribution in [0.25, 0.3) is 0 Å². The number of hydrogen-bond acceptors (Lipinski definition) is 1. The summed E-state index contributed by atoms with van der Waals surface area (Å²) >= 11 is 0. The minimum absolute atomic E-state index is 0.828. The molecule has 1 aromatic rings. The fourth-order valence-electron chi connectivity index (χ4n) is 2.50. The number of hydrogen-bond donors (Lipinski definition) is 0. The van der Waals surface area contributed by atoms with E-state index in [0.29, 0.717) is 0 Å². The van der Waals surface area contributed by atoms with Crippen LogP contribution in [0.3, 0.4) is 0 Å². The molecule has 106 valence electrons. The average molecular weight is 268 g/mol. The molecule has 0 amide bonds. The van der Waals surface area contributed by atoms with Gasteiger partial charge in [-0.1, -0.05) is 43.2 Å². The molecule has 0 aliphatic heterocycles. The molecule has 0 saturated heterocycles. The largest absolute Gasteiger partial charge is 0.493 e. The van der Waals surface area contributed by atoms with Crippen molar-refractivity contribution in [3.05, 3.63) is 58.9 Å². The summed E-state index contributed by atoms with van der Waals surface area (Å²) in [5.74, 6) is 1.07. The minimum Gasteiger partial charge on any atom is -0.493 e. The molecule has 2 rings (SSSR count). The zero-order valence-electron chi connectivity index (χ0n) is 12.6. The van der Waals surface area contributed by atoms with Gasteiger partial charge >= 0.3 is 0 Å². The maximum Gasteiger partial charge on any atom is 0.125 e. The molecular formula is C19H24O. The molecule has 0 unspecified atom stereocenters. The summed E-state index contributed by atoms with van der Waals surface area (Å²) < 4.78 is 5.91. The van der Waals surface area contributed by atoms with Crippen molar-refractivity contribution < 1.29 is 4.74 Å². The van der Waals surface area contributed by atoms with Crippen molar-refractivity contribution in [2.75, 3.05) is 6.61 Å². The van der Waals surface area contributed by atoms with Crippen molar-refractivity contribution in [1.82, 2.24) is 0 Å². The molecule has 0 fully saturated rings. The zero-order chi connectivity index (χ0) is 14.2. The number of rotatable bonds is 8. The number of aryl methyl sites for hydroxylation is 2. The number of benzene rings is 1. The number of ether oxygens (including phenoxy) is 1. The molecule has 0 atom stereocenters. The second kappa shape index (κ2) is 7.77. The third kappa shape index (κ3) is 4.43. The first-order valence-electron chi connectivity index (χ1n) is 7.58. The lowest BCUT2D eigenvalue weighted by atomic mass is 10.1. The van der Waals surface area contributed by atoms with E-state index < -0.39 is 0 Å². The van der Waals surface area contributed by atoms with Crippen molar-refractivity contribution in [2.24, 2.45) is 0 Å². The summed E-state index contributed by atoms with van der Waals surface area (Å²) in [6.07, 6.45) is 12.3. The maximum atomic E-state index is 5.91. The van der Waals surface area contributed by atoms with E-state index in [1.165, 1.54) is 36.0 Å². The molecule has 1 aliphatic rings. The van der Waals surface area contributed by atoms with Crippen LogP contribution < -0.4 is 4.74 Å². The van der Waals surface area contributed by atoms with Gasteiger partial charge in [0.15, 0.2) is 0 Å². The normalized spacial score (nSPS) is 12.8. The SMILES string of the molecule is Cc1cccc(C)c1OCCCCCCC1=C=CC=C1. The molecular weight excluding hydrogens is 244 g/mol. The molecule has 1 aromatic carbocycles. The van der Waals surface area contributed by atoms with Crippen LogP contribution in [0.2, 0.25) is 0 Å². The fourth-order valence-corrected chi connectivity index (χ4v) is 2.50. The zero-order valence-corrected chi connectivity index (χ0v) is 12.6. The smallest absolute Gasteiger partial charge is 0.125 e. The minimum atomic E-state index is 0.828. The molecule has 1 heteroatoms. The third-order valence-corrected chi connectivity index (χ3v) is 3.66. The highest BCUT2D eigenvalue weighted by molar-refractivity contribution is 5.39. The van der Waals surface area contributed by atoms with Gasteiger partial charge in [-0.2, -0.15) is 0 Å². The Labute approximate surface area is 122 Å². The average Bonchev–Trinajstić information content (AvgIpc) is 2.93. The third-order valence-electron chi connectivity index (χ3n) is 3.66. The van der Waals surface area contributed by atoms with Crippen LogP contribution in [0.15, 0.2) is 47.7 Å². The van der Waals surface area contributed by atoms with E-state index in [2.05, 4.69) is 49.9 Å². The van der Waals surface area contributed by atoms with Crippen LogP contribution in [-0.2, 0) is 0 Å². The van der Waals surface area contributed by atoms with Crippen LogP contribution in [0.4, 0.5) is 0 Å². The Morgan fingerprint density at radius 3 is 2.45 bits per heavy atom. The Hall–Kier alpha value is -1.72. The molecule has 0 saturated carbocycles. The Kier molecular flexibility index (Phi) is 5.70. The lowest BCUT2D eigenvalue weighted by molar-refractivity contribution is 0.301. The Morgan fingerprint density at radius 2 is 1.75 bits per heavy atom. The highest BCUT2D eigenvalue weighted by Crippen LogP contribution is 2.22. The molecule has 20 heavy (non-hydrogen) atoms. The van der Waals surface area contributed by atoms with Crippen LogP contribution in [0.1, 0.15) is 43.2 Å². The van der Waals surface area contributed by atoms with Crippen molar-refractivity contribution in [3.63, 3.8) is 0 Å². The Balaban J connectivity index is 1.57. The predicted molar refractivity (Wildman–Crippen MR) is 85.2 cm³/mol. The monoisotopic (exact) mass is 268 g/mol. The summed E-state index contributed by atoms with van der Waals surface area (Å²) in [6.45, 7) is 5.05. The molecule has 0 bridgehead atoms. The Bertz CT molecular complexity index is 510. The summed E-state index contributed by atoms with van der Waals surface area (Å²) in [6, 6.07) is 6.30. The van der Waals surface area contributed by atoms with Gasteiger partial charge < -0.3 is 4.74 Å². The fraction of sp³-hybridized carbons (Fsp3) is 0.421. The van der Waals surface area contributed by atoms with Gasteiger partial charge in [0.1, 0.15) is 5.75 Å². The van der Waals surface area contributed by atoms with Gasteiger partial charge in [0.2, 0.25) is 0 Å². The van der Waals surface area contributed by atoms with Gasteiger partial charge in [-0.3, -0.25) is 0 Å². The summed E-state index contributed by atoms with van der Waals surface area (Å²) in [5, 5.41) is 0. The molecule has 0 spiro atoms. The van der Waals surface area contributed by atoms with Crippen molar-refractivity contribution in [3.8, 4) is 5.75 Å². The van der Waals surface area contributed by atoms with Crippen molar-refractivity contribution >= 4 is 0 Å². The molecule has 1 aliphatic carbocycles. The molecule has 0 N–H and O–H groups in total. The topological polar surface area (TPSA) is 9.23 Å². The second-order valence-corrected chi connectivity index (χ2v) is 5.43. The van der Waals surface area contributed by atoms with Crippen LogP contribution >= 0.6 is 0 Å². The second-order valence-electron chi connectivity index (χ2n) is 5.43. The van der Waals surface area contributed by atoms with E-state index in [4.69, 9.17) is 4.74 Å². The quantitative estimate of drug-likeness (QED) is 0.460. The van der Waals surface area contributed by atoms with Gasteiger partial charge in [0.25, 0.3) is 0 Å². The van der Waals surface area contributed by atoms with E-state index in [0.717, 1.165) is 25.2 Å². The molecule has 0 heterocycles. The predicted octanol–water partition coefficient (Wildman–Crippen LogP) is 5.28. The van der Waals surface area contributed by atoms with Gasteiger partial charge in [-0.05, 0) is 55.9 Å². The maximum absolute atomic E-state index is 5.91. The summed E-state index contributed by atoms with van der Waals surface area (Å²) in [5.41, 5.74) is 7.06. The molecule has 0 radical (unpaired) electrons. The van der Waals surface area contributed by atoms with E-state index in [1.54, 1.807) is 0 Å². The van der Waals surface area contributed by atoms with Crippen molar-refractivity contribution in [1.29, 1.82) is 0 Å². The summed E-state index contributed by atoms with van der Waals surface area (Å²) in [7, 11) is 0. The highest BCUT2D eigenvalue weighted by Gasteiger charge is 2.02. The van der Waals surface area contributed by atoms with Crippen LogP contribution in [0, 0.1) is 13.8 Å². The van der Waals surface area contributed by atoms with Crippen LogP contribution in [-0.4, -0.2) is 6.61 Å².